The fraction of sp³-hybridized carbons (Fsp3) is 0.278. The van der Waals surface area contributed by atoms with Gasteiger partial charge in [0.2, 0.25) is 0 Å². The van der Waals surface area contributed by atoms with E-state index in [4.69, 9.17) is 21.7 Å². The van der Waals surface area contributed by atoms with Gasteiger partial charge in [-0.3, -0.25) is 0 Å². The van der Waals surface area contributed by atoms with Crippen LogP contribution in [-0.4, -0.2) is 18.8 Å². The fourth-order valence-electron chi connectivity index (χ4n) is 1.94. The Morgan fingerprint density at radius 3 is 1.91 bits per heavy atom. The third-order valence-electron chi connectivity index (χ3n) is 3.23. The van der Waals surface area contributed by atoms with E-state index in [1.807, 2.05) is 48.5 Å². The normalized spacial score (nSPS) is 10.0. The van der Waals surface area contributed by atoms with Gasteiger partial charge in [-0.1, -0.05) is 13.3 Å². The monoisotopic (exact) mass is 330 g/mol. The lowest BCUT2D eigenvalue weighted by Gasteiger charge is -2.12. The van der Waals surface area contributed by atoms with Crippen molar-refractivity contribution in [3.63, 3.8) is 0 Å². The lowest BCUT2D eigenvalue weighted by molar-refractivity contribution is 0.309. The maximum absolute atomic E-state index is 5.64. The van der Waals surface area contributed by atoms with Crippen molar-refractivity contribution in [3.8, 4) is 11.5 Å². The maximum Gasteiger partial charge on any atom is 0.175 e. The highest BCUT2D eigenvalue weighted by Crippen LogP contribution is 2.18. The van der Waals surface area contributed by atoms with E-state index >= 15 is 0 Å². The molecule has 0 saturated carbocycles. The summed E-state index contributed by atoms with van der Waals surface area (Å²) in [6, 6.07) is 15.4. The SMILES string of the molecule is CCCCOc1ccc(NC(=S)Nc2ccc(OC)cc2)cc1. The lowest BCUT2D eigenvalue weighted by atomic mass is 10.3. The first-order valence-corrected chi connectivity index (χ1v) is 8.07. The van der Waals surface area contributed by atoms with Gasteiger partial charge in [-0.25, -0.2) is 0 Å². The van der Waals surface area contributed by atoms with Crippen molar-refractivity contribution in [3.05, 3.63) is 48.5 Å². The van der Waals surface area contributed by atoms with E-state index in [-0.39, 0.29) is 0 Å². The molecule has 4 nitrogen and oxygen atoms in total. The van der Waals surface area contributed by atoms with E-state index in [1.54, 1.807) is 7.11 Å². The quantitative estimate of drug-likeness (QED) is 0.570. The predicted octanol–water partition coefficient (Wildman–Crippen LogP) is 4.68. The van der Waals surface area contributed by atoms with Crippen LogP contribution in [0.4, 0.5) is 11.4 Å². The number of thiocarbonyl (C=S) groups is 1. The number of hydrogen-bond donors (Lipinski definition) is 2. The molecular weight excluding hydrogens is 308 g/mol. The van der Waals surface area contributed by atoms with Crippen LogP contribution in [0.3, 0.4) is 0 Å². The van der Waals surface area contributed by atoms with Crippen LogP contribution in [0, 0.1) is 0 Å². The number of unbranched alkanes of at least 4 members (excludes halogenated alkanes) is 1. The molecular formula is C18H22N2O2S. The second-order valence-electron chi connectivity index (χ2n) is 5.03. The molecule has 0 aliphatic heterocycles. The number of benzene rings is 2. The van der Waals surface area contributed by atoms with Crippen molar-refractivity contribution in [1.82, 2.24) is 0 Å². The van der Waals surface area contributed by atoms with E-state index in [0.29, 0.717) is 5.11 Å². The highest BCUT2D eigenvalue weighted by Gasteiger charge is 2.00. The van der Waals surface area contributed by atoms with Crippen LogP contribution in [-0.2, 0) is 0 Å². The zero-order valence-electron chi connectivity index (χ0n) is 13.5. The molecule has 0 aromatic heterocycles. The molecule has 0 fully saturated rings. The number of ether oxygens (including phenoxy) is 2. The van der Waals surface area contributed by atoms with Gasteiger partial charge in [-0.2, -0.15) is 0 Å². The van der Waals surface area contributed by atoms with Crippen molar-refractivity contribution in [2.45, 2.75) is 19.8 Å². The highest BCUT2D eigenvalue weighted by atomic mass is 32.1. The van der Waals surface area contributed by atoms with Crippen LogP contribution in [0.5, 0.6) is 11.5 Å². The van der Waals surface area contributed by atoms with Gasteiger partial charge in [-0.15, -0.1) is 0 Å². The molecule has 0 unspecified atom stereocenters. The molecule has 23 heavy (non-hydrogen) atoms. The van der Waals surface area contributed by atoms with Gasteiger partial charge in [0, 0.05) is 11.4 Å². The Bertz CT molecular complexity index is 612. The van der Waals surface area contributed by atoms with Gasteiger partial charge in [0.25, 0.3) is 0 Å². The van der Waals surface area contributed by atoms with Crippen molar-refractivity contribution in [1.29, 1.82) is 0 Å². The number of nitrogens with one attached hydrogen (secondary N) is 2. The summed E-state index contributed by atoms with van der Waals surface area (Å²) in [6.45, 7) is 2.90. The first kappa shape index (κ1) is 17.1. The summed E-state index contributed by atoms with van der Waals surface area (Å²) in [7, 11) is 1.64. The second kappa shape index (κ2) is 9.00. The molecule has 0 heterocycles. The summed E-state index contributed by atoms with van der Waals surface area (Å²) in [5.74, 6) is 1.69. The zero-order valence-corrected chi connectivity index (χ0v) is 14.3. The number of methoxy groups -OCH3 is 1. The minimum atomic E-state index is 0.537. The molecule has 0 spiro atoms. The van der Waals surface area contributed by atoms with Gasteiger partial charge >= 0.3 is 0 Å². The van der Waals surface area contributed by atoms with Gasteiger partial charge in [0.05, 0.1) is 13.7 Å². The van der Waals surface area contributed by atoms with Crippen molar-refractivity contribution in [2.75, 3.05) is 24.4 Å². The molecule has 0 radical (unpaired) electrons. The van der Waals surface area contributed by atoms with Gasteiger partial charge < -0.3 is 20.1 Å². The Morgan fingerprint density at radius 2 is 1.43 bits per heavy atom. The summed E-state index contributed by atoms with van der Waals surface area (Å²) in [6.07, 6.45) is 2.20. The van der Waals surface area contributed by atoms with Gasteiger partial charge in [-0.05, 0) is 67.2 Å². The summed E-state index contributed by atoms with van der Waals surface area (Å²) in [4.78, 5) is 0. The first-order chi connectivity index (χ1) is 11.2. The highest BCUT2D eigenvalue weighted by molar-refractivity contribution is 7.80. The summed E-state index contributed by atoms with van der Waals surface area (Å²) < 4.78 is 10.8. The van der Waals surface area contributed by atoms with E-state index in [0.717, 1.165) is 42.3 Å². The second-order valence-corrected chi connectivity index (χ2v) is 5.44. The Morgan fingerprint density at radius 1 is 0.913 bits per heavy atom. The van der Waals surface area contributed by atoms with E-state index in [2.05, 4.69) is 17.6 Å². The van der Waals surface area contributed by atoms with Gasteiger partial charge in [0.1, 0.15) is 11.5 Å². The molecule has 0 amide bonds. The van der Waals surface area contributed by atoms with E-state index < -0.39 is 0 Å². The topological polar surface area (TPSA) is 42.5 Å². The fourth-order valence-corrected chi connectivity index (χ4v) is 2.17. The Hall–Kier alpha value is -2.27. The maximum atomic E-state index is 5.64. The molecule has 0 aliphatic rings. The van der Waals surface area contributed by atoms with Crippen LogP contribution < -0.4 is 20.1 Å². The third kappa shape index (κ3) is 5.79. The Kier molecular flexibility index (Phi) is 6.69. The first-order valence-electron chi connectivity index (χ1n) is 7.66. The number of anilines is 2. The lowest BCUT2D eigenvalue weighted by Crippen LogP contribution is -2.18. The van der Waals surface area contributed by atoms with Crippen LogP contribution in [0.25, 0.3) is 0 Å². The summed E-state index contributed by atoms with van der Waals surface area (Å²) in [5.41, 5.74) is 1.82. The molecule has 2 aromatic carbocycles. The van der Waals surface area contributed by atoms with Crippen molar-refractivity contribution in [2.24, 2.45) is 0 Å². The molecule has 0 atom stereocenters. The minimum absolute atomic E-state index is 0.537. The van der Waals surface area contributed by atoms with Crippen LogP contribution >= 0.6 is 12.2 Å². The summed E-state index contributed by atoms with van der Waals surface area (Å²) in [5, 5.41) is 6.82. The van der Waals surface area contributed by atoms with Crippen LogP contribution in [0.1, 0.15) is 19.8 Å². The van der Waals surface area contributed by atoms with E-state index in [1.165, 1.54) is 0 Å². The third-order valence-corrected chi connectivity index (χ3v) is 3.43. The average molecular weight is 330 g/mol. The Labute approximate surface area is 142 Å². The Balaban J connectivity index is 1.84. The molecule has 5 heteroatoms. The average Bonchev–Trinajstić information content (AvgIpc) is 2.57. The molecule has 2 rings (SSSR count). The minimum Gasteiger partial charge on any atom is -0.497 e. The molecule has 0 saturated heterocycles. The smallest absolute Gasteiger partial charge is 0.175 e. The molecule has 2 N–H and O–H groups in total. The van der Waals surface area contributed by atoms with E-state index in [9.17, 15) is 0 Å². The number of rotatable bonds is 7. The standard InChI is InChI=1S/C18H22N2O2S/c1-3-4-13-22-17-11-7-15(8-12-17)20-18(23)19-14-5-9-16(21-2)10-6-14/h5-12H,3-4,13H2,1-2H3,(H2,19,20,23). The molecule has 0 bridgehead atoms. The van der Waals surface area contributed by atoms with Crippen LogP contribution in [0.2, 0.25) is 0 Å². The zero-order chi connectivity index (χ0) is 16.5. The van der Waals surface area contributed by atoms with Gasteiger partial charge in [0.15, 0.2) is 5.11 Å². The molecule has 2 aromatic rings. The number of hydrogen-bond acceptors (Lipinski definition) is 3. The van der Waals surface area contributed by atoms with Crippen LogP contribution in [0.15, 0.2) is 48.5 Å². The molecule has 0 aliphatic carbocycles. The van der Waals surface area contributed by atoms with Crippen molar-refractivity contribution < 1.29 is 9.47 Å². The van der Waals surface area contributed by atoms with Crippen molar-refractivity contribution >= 4 is 28.7 Å². The molecule has 122 valence electrons. The largest absolute Gasteiger partial charge is 0.497 e. The summed E-state index contributed by atoms with van der Waals surface area (Å²) >= 11 is 5.31. The predicted molar refractivity (Wildman–Crippen MR) is 99.7 cm³/mol.